The van der Waals surface area contributed by atoms with Gasteiger partial charge in [-0.25, -0.2) is 4.39 Å². The van der Waals surface area contributed by atoms with Gasteiger partial charge in [0, 0.05) is 10.9 Å². The Kier molecular flexibility index (Phi) is 4.02. The van der Waals surface area contributed by atoms with Gasteiger partial charge in [0.25, 0.3) is 0 Å². The summed E-state index contributed by atoms with van der Waals surface area (Å²) in [5.74, 6) is -0.219. The van der Waals surface area contributed by atoms with E-state index in [-0.39, 0.29) is 11.9 Å². The number of para-hydroxylation sites is 1. The molecule has 1 atom stereocenters. The number of furan rings is 1. The van der Waals surface area contributed by atoms with Gasteiger partial charge in [0.15, 0.2) is 0 Å². The lowest BCUT2D eigenvalue weighted by atomic mass is 9.98. The molecule has 1 unspecified atom stereocenters. The molecule has 3 rings (SSSR count). The van der Waals surface area contributed by atoms with Crippen molar-refractivity contribution < 1.29 is 8.81 Å². The molecule has 0 aliphatic carbocycles. The normalized spacial score (nSPS) is 12.7. The molecule has 3 aromatic rings. The summed E-state index contributed by atoms with van der Waals surface area (Å²) in [7, 11) is 0. The van der Waals surface area contributed by atoms with Crippen molar-refractivity contribution in [2.45, 2.75) is 19.4 Å². The van der Waals surface area contributed by atoms with Crippen LogP contribution in [0.15, 0.2) is 59.2 Å². The van der Waals surface area contributed by atoms with Crippen LogP contribution in [0.25, 0.3) is 11.0 Å². The third-order valence-corrected chi connectivity index (χ3v) is 3.60. The van der Waals surface area contributed by atoms with Gasteiger partial charge in [-0.15, -0.1) is 0 Å². The van der Waals surface area contributed by atoms with Crippen molar-refractivity contribution in [2.24, 2.45) is 0 Å². The molecule has 0 bridgehead atoms. The van der Waals surface area contributed by atoms with Crippen LogP contribution in [0, 0.1) is 5.82 Å². The Morgan fingerprint density at radius 2 is 2.00 bits per heavy atom. The zero-order chi connectivity index (χ0) is 14.7. The lowest BCUT2D eigenvalue weighted by Crippen LogP contribution is -2.23. The second kappa shape index (κ2) is 6.10. The van der Waals surface area contributed by atoms with E-state index in [1.54, 1.807) is 18.4 Å². The molecule has 0 radical (unpaired) electrons. The van der Waals surface area contributed by atoms with Crippen molar-refractivity contribution in [3.63, 3.8) is 0 Å². The van der Waals surface area contributed by atoms with Gasteiger partial charge in [-0.3, -0.25) is 0 Å². The predicted octanol–water partition coefficient (Wildman–Crippen LogP) is 4.66. The second-order valence-corrected chi connectivity index (χ2v) is 5.13. The molecule has 2 aromatic carbocycles. The van der Waals surface area contributed by atoms with Crippen LogP contribution in [-0.2, 0) is 0 Å². The van der Waals surface area contributed by atoms with Crippen LogP contribution in [0.4, 0.5) is 4.39 Å². The lowest BCUT2D eigenvalue weighted by Gasteiger charge is -2.18. The van der Waals surface area contributed by atoms with Gasteiger partial charge < -0.3 is 9.73 Å². The van der Waals surface area contributed by atoms with Crippen molar-refractivity contribution in [1.29, 1.82) is 0 Å². The van der Waals surface area contributed by atoms with E-state index in [9.17, 15) is 4.39 Å². The van der Waals surface area contributed by atoms with Crippen LogP contribution in [0.5, 0.6) is 0 Å². The van der Waals surface area contributed by atoms with Crippen LogP contribution in [0.2, 0.25) is 0 Å². The molecule has 3 heteroatoms. The van der Waals surface area contributed by atoms with E-state index >= 15 is 0 Å². The molecule has 0 saturated carbocycles. The van der Waals surface area contributed by atoms with Gasteiger partial charge in [-0.1, -0.05) is 37.3 Å². The maximum Gasteiger partial charge on any atom is 0.134 e. The van der Waals surface area contributed by atoms with Gasteiger partial charge in [0.1, 0.15) is 11.4 Å². The number of hydrogen-bond donors (Lipinski definition) is 1. The van der Waals surface area contributed by atoms with Gasteiger partial charge in [-0.05, 0) is 36.7 Å². The summed E-state index contributed by atoms with van der Waals surface area (Å²) in [6, 6.07) is 14.6. The molecule has 21 heavy (non-hydrogen) atoms. The molecule has 0 fully saturated rings. The van der Waals surface area contributed by atoms with E-state index in [2.05, 4.69) is 12.2 Å². The first-order valence-corrected chi connectivity index (χ1v) is 7.24. The quantitative estimate of drug-likeness (QED) is 0.736. The van der Waals surface area contributed by atoms with Crippen molar-refractivity contribution in [3.05, 3.63) is 71.7 Å². The highest BCUT2D eigenvalue weighted by Gasteiger charge is 2.18. The average Bonchev–Trinajstić information content (AvgIpc) is 2.92. The molecule has 1 N–H and O–H groups in total. The van der Waals surface area contributed by atoms with E-state index in [0.717, 1.165) is 35.1 Å². The highest BCUT2D eigenvalue weighted by molar-refractivity contribution is 5.81. The Balaban J connectivity index is 2.06. The first-order chi connectivity index (χ1) is 10.3. The molecular weight excluding hydrogens is 265 g/mol. The number of benzene rings is 2. The van der Waals surface area contributed by atoms with Crippen LogP contribution in [0.1, 0.15) is 30.5 Å². The SMILES string of the molecule is CCCNC(c1cccc(F)c1)c1coc2ccccc12. The van der Waals surface area contributed by atoms with E-state index < -0.39 is 0 Å². The van der Waals surface area contributed by atoms with Gasteiger partial charge in [0.05, 0.1) is 12.3 Å². The van der Waals surface area contributed by atoms with Crippen LogP contribution in [-0.4, -0.2) is 6.54 Å². The molecule has 2 nitrogen and oxygen atoms in total. The minimum Gasteiger partial charge on any atom is -0.464 e. The van der Waals surface area contributed by atoms with E-state index in [1.165, 1.54) is 6.07 Å². The van der Waals surface area contributed by atoms with Crippen LogP contribution >= 0.6 is 0 Å². The van der Waals surface area contributed by atoms with Crippen LogP contribution in [0.3, 0.4) is 0 Å². The summed E-state index contributed by atoms with van der Waals surface area (Å²) in [4.78, 5) is 0. The summed E-state index contributed by atoms with van der Waals surface area (Å²) in [5.41, 5.74) is 2.81. The van der Waals surface area contributed by atoms with E-state index in [1.807, 2.05) is 30.3 Å². The largest absolute Gasteiger partial charge is 0.464 e. The number of hydrogen-bond acceptors (Lipinski definition) is 2. The van der Waals surface area contributed by atoms with Crippen molar-refractivity contribution in [3.8, 4) is 0 Å². The Labute approximate surface area is 123 Å². The third-order valence-electron chi connectivity index (χ3n) is 3.60. The number of fused-ring (bicyclic) bond motifs is 1. The highest BCUT2D eigenvalue weighted by Crippen LogP contribution is 2.30. The monoisotopic (exact) mass is 283 g/mol. The number of nitrogens with one attached hydrogen (secondary N) is 1. The molecule has 0 amide bonds. The molecule has 0 aliphatic rings. The Bertz CT molecular complexity index is 735. The van der Waals surface area contributed by atoms with E-state index in [0.29, 0.717) is 0 Å². The molecule has 1 heterocycles. The maximum absolute atomic E-state index is 13.6. The minimum absolute atomic E-state index is 0.0655. The average molecular weight is 283 g/mol. The topological polar surface area (TPSA) is 25.2 Å². The second-order valence-electron chi connectivity index (χ2n) is 5.13. The highest BCUT2D eigenvalue weighted by atomic mass is 19.1. The Morgan fingerprint density at radius 1 is 1.14 bits per heavy atom. The smallest absolute Gasteiger partial charge is 0.134 e. The minimum atomic E-state index is -0.219. The first kappa shape index (κ1) is 13.8. The summed E-state index contributed by atoms with van der Waals surface area (Å²) < 4.78 is 19.2. The molecule has 108 valence electrons. The van der Waals surface area contributed by atoms with Gasteiger partial charge in [0.2, 0.25) is 0 Å². The zero-order valence-electron chi connectivity index (χ0n) is 12.0. The fourth-order valence-corrected chi connectivity index (χ4v) is 2.60. The summed E-state index contributed by atoms with van der Waals surface area (Å²) in [6.45, 7) is 2.98. The first-order valence-electron chi connectivity index (χ1n) is 7.24. The fraction of sp³-hybridized carbons (Fsp3) is 0.222. The summed E-state index contributed by atoms with van der Waals surface area (Å²) in [6.07, 6.45) is 2.78. The molecule has 1 aromatic heterocycles. The molecule has 0 saturated heterocycles. The standard InChI is InChI=1S/C18H18FNO/c1-2-10-20-18(13-6-5-7-14(19)11-13)16-12-21-17-9-4-3-8-15(16)17/h3-9,11-12,18,20H,2,10H2,1H3. The Morgan fingerprint density at radius 3 is 2.81 bits per heavy atom. The number of rotatable bonds is 5. The molecule has 0 spiro atoms. The predicted molar refractivity (Wildman–Crippen MR) is 82.8 cm³/mol. The van der Waals surface area contributed by atoms with Gasteiger partial charge in [-0.2, -0.15) is 0 Å². The Hall–Kier alpha value is -2.13. The van der Waals surface area contributed by atoms with Gasteiger partial charge >= 0.3 is 0 Å². The zero-order valence-corrected chi connectivity index (χ0v) is 12.0. The molecule has 0 aliphatic heterocycles. The van der Waals surface area contributed by atoms with Crippen LogP contribution < -0.4 is 5.32 Å². The summed E-state index contributed by atoms with van der Waals surface area (Å²) in [5, 5.41) is 4.55. The van der Waals surface area contributed by atoms with Crippen molar-refractivity contribution in [2.75, 3.05) is 6.54 Å². The van der Waals surface area contributed by atoms with E-state index in [4.69, 9.17) is 4.42 Å². The number of halogens is 1. The third kappa shape index (κ3) is 2.83. The van der Waals surface area contributed by atoms with Crippen molar-refractivity contribution in [1.82, 2.24) is 5.32 Å². The molecular formula is C18H18FNO. The fourth-order valence-electron chi connectivity index (χ4n) is 2.60. The lowest BCUT2D eigenvalue weighted by molar-refractivity contribution is 0.566. The summed E-state index contributed by atoms with van der Waals surface area (Å²) >= 11 is 0. The van der Waals surface area contributed by atoms with Crippen molar-refractivity contribution >= 4 is 11.0 Å². The maximum atomic E-state index is 13.6.